The van der Waals surface area contributed by atoms with Crippen molar-refractivity contribution in [1.82, 2.24) is 19.5 Å². The number of hydrogen-bond donors (Lipinski definition) is 1. The third kappa shape index (κ3) is 2.79. The minimum atomic E-state index is 0. The maximum Gasteiger partial charge on any atom is 0.165 e. The first-order chi connectivity index (χ1) is 12.8. The minimum Gasteiger partial charge on any atom is -0.507 e. The van der Waals surface area contributed by atoms with Crippen molar-refractivity contribution in [3.05, 3.63) is 79.1 Å². The van der Waals surface area contributed by atoms with Crippen molar-refractivity contribution in [2.75, 3.05) is 0 Å². The first-order valence-electron chi connectivity index (χ1n) is 8.29. The predicted octanol–water partition coefficient (Wildman–Crippen LogP) is 4.34. The van der Waals surface area contributed by atoms with Gasteiger partial charge in [-0.25, -0.2) is 9.97 Å². The minimum absolute atomic E-state index is 0. The summed E-state index contributed by atoms with van der Waals surface area (Å²) in [6, 6.07) is 20.9. The van der Waals surface area contributed by atoms with Crippen molar-refractivity contribution in [2.45, 2.75) is 0 Å². The van der Waals surface area contributed by atoms with Crippen LogP contribution in [-0.4, -0.2) is 24.6 Å². The van der Waals surface area contributed by atoms with E-state index in [-0.39, 0.29) is 25.2 Å². The van der Waals surface area contributed by atoms with E-state index in [2.05, 4.69) is 9.97 Å². The molecule has 126 valence electrons. The van der Waals surface area contributed by atoms with E-state index in [0.717, 1.165) is 27.8 Å². The van der Waals surface area contributed by atoms with Crippen molar-refractivity contribution < 1.29 is 24.6 Å². The molecule has 5 aromatic rings. The second kappa shape index (κ2) is 6.89. The molecule has 2 aromatic carbocycles. The molecule has 0 aliphatic carbocycles. The Labute approximate surface area is 168 Å². The van der Waals surface area contributed by atoms with Crippen LogP contribution in [0.15, 0.2) is 79.1 Å². The Kier molecular flexibility index (Phi) is 4.42. The quantitative estimate of drug-likeness (QED) is 0.445. The van der Waals surface area contributed by atoms with Crippen molar-refractivity contribution in [1.29, 1.82) is 0 Å². The van der Waals surface area contributed by atoms with Crippen molar-refractivity contribution in [2.24, 2.45) is 0 Å². The maximum atomic E-state index is 10.4. The number of fused-ring (bicyclic) bond motifs is 2. The van der Waals surface area contributed by atoms with Crippen LogP contribution in [0, 0.1) is 0 Å². The summed E-state index contributed by atoms with van der Waals surface area (Å²) in [6.07, 6.45) is 3.52. The zero-order chi connectivity index (χ0) is 17.5. The molecule has 0 saturated heterocycles. The van der Waals surface area contributed by atoms with Gasteiger partial charge < -0.3 is 5.11 Å². The summed E-state index contributed by atoms with van der Waals surface area (Å²) in [4.78, 5) is 13.8. The number of aromatic hydroxyl groups is 1. The van der Waals surface area contributed by atoms with Gasteiger partial charge in [0, 0.05) is 37.3 Å². The summed E-state index contributed by atoms with van der Waals surface area (Å²) in [5, 5.41) is 11.4. The van der Waals surface area contributed by atoms with Gasteiger partial charge in [0.2, 0.25) is 0 Å². The van der Waals surface area contributed by atoms with E-state index in [4.69, 9.17) is 4.98 Å². The molecule has 0 aliphatic heterocycles. The van der Waals surface area contributed by atoms with Gasteiger partial charge in [-0.3, -0.25) is 9.55 Å². The van der Waals surface area contributed by atoms with Crippen LogP contribution < -0.4 is 0 Å². The smallest absolute Gasteiger partial charge is 0.165 e. The Morgan fingerprint density at radius 2 is 1.56 bits per heavy atom. The van der Waals surface area contributed by atoms with Gasteiger partial charge in [-0.1, -0.05) is 30.3 Å². The first kappa shape index (κ1) is 17.3. The zero-order valence-corrected chi connectivity index (χ0v) is 17.4. The summed E-state index contributed by atoms with van der Waals surface area (Å²) in [7, 11) is 0. The first-order valence-corrected chi connectivity index (χ1v) is 8.29. The number of hydrogen-bond acceptors (Lipinski definition) is 4. The topological polar surface area (TPSA) is 63.8 Å². The summed E-state index contributed by atoms with van der Waals surface area (Å²) < 4.78 is 1.96. The third-order valence-corrected chi connectivity index (χ3v) is 4.41. The number of imidazole rings is 1. The molecule has 0 fully saturated rings. The fourth-order valence-electron chi connectivity index (χ4n) is 3.25. The molecule has 0 spiro atoms. The largest absolute Gasteiger partial charge is 0.507 e. The molecular weight excluding hydrogens is 390 g/mol. The van der Waals surface area contributed by atoms with Gasteiger partial charge in [-0.15, -0.1) is 0 Å². The summed E-state index contributed by atoms with van der Waals surface area (Å²) >= 11 is 0. The van der Waals surface area contributed by atoms with Gasteiger partial charge in [0.25, 0.3) is 0 Å². The number of nitrogens with zero attached hydrogens (tertiary/aromatic N) is 4. The summed E-state index contributed by atoms with van der Waals surface area (Å²) in [5.41, 5.74) is 3.88. The maximum absolute atomic E-state index is 10.4. The van der Waals surface area contributed by atoms with E-state index in [1.807, 2.05) is 59.2 Å². The van der Waals surface area contributed by atoms with Gasteiger partial charge in [-0.05, 0) is 36.4 Å². The number of aromatic nitrogens is 4. The standard InChI is InChI=1S/C21H14N4O.Zn/c26-18-11-2-1-8-15(18)20-24-16-9-5-13-23-21(16)25(20)17-10-3-6-14-7-4-12-22-19(14)17;/h1-13,26H;. The molecule has 0 radical (unpaired) electrons. The number of pyridine rings is 2. The van der Waals surface area contributed by atoms with Crippen molar-refractivity contribution >= 4 is 22.1 Å². The molecule has 5 rings (SSSR count). The Balaban J connectivity index is 0.00000180. The number of phenolic OH excluding ortho intramolecular Hbond substituents is 1. The third-order valence-electron chi connectivity index (χ3n) is 4.41. The molecule has 3 aromatic heterocycles. The van der Waals surface area contributed by atoms with E-state index in [1.54, 1.807) is 24.5 Å². The number of para-hydroxylation sites is 2. The molecule has 0 aliphatic rings. The van der Waals surface area contributed by atoms with E-state index in [1.165, 1.54) is 0 Å². The Bertz CT molecular complexity index is 1260. The van der Waals surface area contributed by atoms with E-state index >= 15 is 0 Å². The molecule has 0 bridgehead atoms. The van der Waals surface area contributed by atoms with Gasteiger partial charge in [0.05, 0.1) is 16.8 Å². The number of benzene rings is 2. The van der Waals surface area contributed by atoms with Gasteiger partial charge in [-0.2, -0.15) is 0 Å². The van der Waals surface area contributed by atoms with Gasteiger partial charge in [0.15, 0.2) is 11.5 Å². The van der Waals surface area contributed by atoms with Crippen LogP contribution in [0.1, 0.15) is 0 Å². The molecule has 0 saturated carbocycles. The second-order valence-electron chi connectivity index (χ2n) is 5.99. The average Bonchev–Trinajstić information content (AvgIpc) is 3.07. The van der Waals surface area contributed by atoms with Crippen molar-refractivity contribution in [3.63, 3.8) is 0 Å². The SMILES string of the molecule is Oc1ccccc1-c1nc2cccnc2n1-c1cccc2cccnc12.[Zn]. The normalized spacial score (nSPS) is 10.8. The molecule has 0 unspecified atom stereocenters. The van der Waals surface area contributed by atoms with Crippen LogP contribution in [0.3, 0.4) is 0 Å². The molecule has 3 heterocycles. The number of phenols is 1. The molecule has 6 heteroatoms. The molecular formula is C21H14N4OZn. The van der Waals surface area contributed by atoms with Crippen LogP contribution in [0.2, 0.25) is 0 Å². The average molecular weight is 404 g/mol. The van der Waals surface area contributed by atoms with Crippen LogP contribution in [0.4, 0.5) is 0 Å². The molecule has 5 nitrogen and oxygen atoms in total. The van der Waals surface area contributed by atoms with Crippen LogP contribution in [-0.2, 0) is 19.5 Å². The monoisotopic (exact) mass is 402 g/mol. The van der Waals surface area contributed by atoms with Crippen LogP contribution in [0.5, 0.6) is 5.75 Å². The van der Waals surface area contributed by atoms with Gasteiger partial charge >= 0.3 is 0 Å². The molecule has 1 N–H and O–H groups in total. The zero-order valence-electron chi connectivity index (χ0n) is 14.4. The predicted molar refractivity (Wildman–Crippen MR) is 101 cm³/mol. The fourth-order valence-corrected chi connectivity index (χ4v) is 3.25. The Morgan fingerprint density at radius 3 is 2.44 bits per heavy atom. The molecule has 0 amide bonds. The second-order valence-corrected chi connectivity index (χ2v) is 5.99. The molecule has 0 atom stereocenters. The summed E-state index contributed by atoms with van der Waals surface area (Å²) in [6.45, 7) is 0. The van der Waals surface area contributed by atoms with E-state index in [9.17, 15) is 5.11 Å². The fraction of sp³-hybridized carbons (Fsp3) is 0. The van der Waals surface area contributed by atoms with Gasteiger partial charge in [0.1, 0.15) is 11.3 Å². The Hall–Kier alpha value is -3.11. The summed E-state index contributed by atoms with van der Waals surface area (Å²) in [5.74, 6) is 0.812. The van der Waals surface area contributed by atoms with E-state index < -0.39 is 0 Å². The Morgan fingerprint density at radius 1 is 0.778 bits per heavy atom. The molecule has 27 heavy (non-hydrogen) atoms. The van der Waals surface area contributed by atoms with Crippen molar-refractivity contribution in [3.8, 4) is 22.8 Å². The van der Waals surface area contributed by atoms with Crippen LogP contribution in [0.25, 0.3) is 39.1 Å². The number of rotatable bonds is 2. The van der Waals surface area contributed by atoms with Crippen LogP contribution >= 0.6 is 0 Å². The van der Waals surface area contributed by atoms with E-state index in [0.29, 0.717) is 11.4 Å².